The standard InChI is InChI=1S/C20H24O8/c1-4-25-20(23)12-27-16-11-17-15(13(2)9-19(22)28-17)10-14(16)5-6-18(21)26-8-7-24-3/h9-11H,4-8,12H2,1-3H3. The molecule has 0 radical (unpaired) electrons. The first-order chi connectivity index (χ1) is 13.4. The minimum absolute atomic E-state index is 0.126. The van der Waals surface area contributed by atoms with Gasteiger partial charge in [0.05, 0.1) is 13.2 Å². The summed E-state index contributed by atoms with van der Waals surface area (Å²) in [5.41, 5.74) is 1.30. The van der Waals surface area contributed by atoms with Crippen molar-refractivity contribution in [2.24, 2.45) is 0 Å². The lowest BCUT2D eigenvalue weighted by molar-refractivity contribution is -0.146. The molecule has 0 amide bonds. The minimum atomic E-state index is -0.516. The molecule has 0 fully saturated rings. The largest absolute Gasteiger partial charge is 0.481 e. The van der Waals surface area contributed by atoms with Crippen LogP contribution in [-0.4, -0.2) is 45.5 Å². The predicted octanol–water partition coefficient (Wildman–Crippen LogP) is 2.17. The van der Waals surface area contributed by atoms with Gasteiger partial charge in [-0.1, -0.05) is 0 Å². The number of methoxy groups -OCH3 is 1. The highest BCUT2D eigenvalue weighted by molar-refractivity contribution is 5.83. The smallest absolute Gasteiger partial charge is 0.344 e. The summed E-state index contributed by atoms with van der Waals surface area (Å²) in [6, 6.07) is 4.73. The van der Waals surface area contributed by atoms with Crippen LogP contribution >= 0.6 is 0 Å². The molecule has 0 saturated heterocycles. The van der Waals surface area contributed by atoms with E-state index in [0.717, 1.165) is 10.9 Å². The topological polar surface area (TPSA) is 101 Å². The highest BCUT2D eigenvalue weighted by Gasteiger charge is 2.14. The van der Waals surface area contributed by atoms with Crippen LogP contribution in [0.25, 0.3) is 11.0 Å². The van der Waals surface area contributed by atoms with Crippen LogP contribution in [-0.2, 0) is 30.2 Å². The summed E-state index contributed by atoms with van der Waals surface area (Å²) in [5.74, 6) is -0.540. The molecule has 2 aromatic rings. The van der Waals surface area contributed by atoms with E-state index in [4.69, 9.17) is 23.4 Å². The van der Waals surface area contributed by atoms with E-state index < -0.39 is 11.6 Å². The summed E-state index contributed by atoms with van der Waals surface area (Å²) in [6.45, 7) is 3.96. The van der Waals surface area contributed by atoms with Gasteiger partial charge < -0.3 is 23.4 Å². The predicted molar refractivity (Wildman–Crippen MR) is 101 cm³/mol. The molecule has 0 atom stereocenters. The van der Waals surface area contributed by atoms with Crippen LogP contribution in [0.4, 0.5) is 0 Å². The molecule has 8 heteroatoms. The third-order valence-electron chi connectivity index (χ3n) is 3.93. The van der Waals surface area contributed by atoms with Crippen molar-refractivity contribution in [1.82, 2.24) is 0 Å². The van der Waals surface area contributed by atoms with Gasteiger partial charge in [0.1, 0.15) is 17.9 Å². The molecule has 28 heavy (non-hydrogen) atoms. The van der Waals surface area contributed by atoms with E-state index in [2.05, 4.69) is 0 Å². The van der Waals surface area contributed by atoms with Crippen LogP contribution in [0, 0.1) is 6.92 Å². The summed E-state index contributed by atoms with van der Waals surface area (Å²) in [7, 11) is 1.52. The first-order valence-electron chi connectivity index (χ1n) is 8.95. The zero-order valence-corrected chi connectivity index (χ0v) is 16.2. The number of carbonyl (C=O) groups is 2. The van der Waals surface area contributed by atoms with Crippen molar-refractivity contribution in [3.63, 3.8) is 0 Å². The van der Waals surface area contributed by atoms with Gasteiger partial charge in [-0.3, -0.25) is 4.79 Å². The van der Waals surface area contributed by atoms with Gasteiger partial charge in [-0.15, -0.1) is 0 Å². The molecule has 152 valence electrons. The van der Waals surface area contributed by atoms with E-state index in [1.807, 2.05) is 0 Å². The maximum absolute atomic E-state index is 11.9. The van der Waals surface area contributed by atoms with Gasteiger partial charge in [0.2, 0.25) is 0 Å². The van der Waals surface area contributed by atoms with Crippen molar-refractivity contribution >= 4 is 22.9 Å². The monoisotopic (exact) mass is 392 g/mol. The van der Waals surface area contributed by atoms with Crippen LogP contribution < -0.4 is 10.4 Å². The van der Waals surface area contributed by atoms with Gasteiger partial charge in [0.15, 0.2) is 6.61 Å². The number of benzene rings is 1. The summed E-state index contributed by atoms with van der Waals surface area (Å²) >= 11 is 0. The van der Waals surface area contributed by atoms with E-state index in [9.17, 15) is 14.4 Å². The zero-order chi connectivity index (χ0) is 20.5. The van der Waals surface area contributed by atoms with Crippen LogP contribution in [0.1, 0.15) is 24.5 Å². The van der Waals surface area contributed by atoms with E-state index in [0.29, 0.717) is 29.9 Å². The average molecular weight is 392 g/mol. The minimum Gasteiger partial charge on any atom is -0.481 e. The van der Waals surface area contributed by atoms with Crippen molar-refractivity contribution in [2.75, 3.05) is 33.5 Å². The van der Waals surface area contributed by atoms with E-state index >= 15 is 0 Å². The van der Waals surface area contributed by atoms with E-state index in [-0.39, 0.29) is 32.2 Å². The number of fused-ring (bicyclic) bond motifs is 1. The Labute approximate surface area is 162 Å². The first-order valence-corrected chi connectivity index (χ1v) is 8.95. The molecule has 1 heterocycles. The Hall–Kier alpha value is -2.87. The molecular formula is C20H24O8. The molecule has 0 aliphatic carbocycles. The maximum Gasteiger partial charge on any atom is 0.344 e. The molecule has 0 aliphatic heterocycles. The Kier molecular flexibility index (Phi) is 8.01. The summed E-state index contributed by atoms with van der Waals surface area (Å²) < 4.78 is 25.6. The Morgan fingerprint density at radius 2 is 1.86 bits per heavy atom. The zero-order valence-electron chi connectivity index (χ0n) is 16.2. The van der Waals surface area contributed by atoms with Crippen molar-refractivity contribution in [1.29, 1.82) is 0 Å². The maximum atomic E-state index is 11.9. The Balaban J connectivity index is 2.23. The molecule has 2 rings (SSSR count). The van der Waals surface area contributed by atoms with Crippen molar-refractivity contribution < 1.29 is 33.0 Å². The molecule has 0 spiro atoms. The quantitative estimate of drug-likeness (QED) is 0.344. The fourth-order valence-corrected chi connectivity index (χ4v) is 2.61. The number of aryl methyl sites for hydroxylation is 2. The van der Waals surface area contributed by atoms with Gasteiger partial charge in [0.25, 0.3) is 0 Å². The van der Waals surface area contributed by atoms with E-state index in [1.54, 1.807) is 26.0 Å². The molecule has 1 aromatic heterocycles. The van der Waals surface area contributed by atoms with Crippen LogP contribution in [0.15, 0.2) is 27.4 Å². The van der Waals surface area contributed by atoms with E-state index in [1.165, 1.54) is 13.2 Å². The fraction of sp³-hybridized carbons (Fsp3) is 0.450. The lowest BCUT2D eigenvalue weighted by Gasteiger charge is -2.13. The number of rotatable bonds is 10. The molecule has 0 saturated carbocycles. The molecule has 8 nitrogen and oxygen atoms in total. The number of esters is 2. The lowest BCUT2D eigenvalue weighted by Crippen LogP contribution is -2.16. The fourth-order valence-electron chi connectivity index (χ4n) is 2.61. The second-order valence-electron chi connectivity index (χ2n) is 6.01. The number of carbonyl (C=O) groups excluding carboxylic acids is 2. The van der Waals surface area contributed by atoms with Crippen LogP contribution in [0.2, 0.25) is 0 Å². The van der Waals surface area contributed by atoms with Gasteiger partial charge in [-0.05, 0) is 37.5 Å². The first kappa shape index (κ1) is 21.4. The van der Waals surface area contributed by atoms with Gasteiger partial charge in [-0.2, -0.15) is 0 Å². The summed E-state index contributed by atoms with van der Waals surface area (Å²) in [5, 5.41) is 0.728. The second-order valence-corrected chi connectivity index (χ2v) is 6.01. The Morgan fingerprint density at radius 1 is 1.07 bits per heavy atom. The van der Waals surface area contributed by atoms with Gasteiger partial charge in [0, 0.05) is 31.0 Å². The highest BCUT2D eigenvalue weighted by Crippen LogP contribution is 2.28. The third-order valence-corrected chi connectivity index (χ3v) is 3.93. The van der Waals surface area contributed by atoms with Gasteiger partial charge in [-0.25, -0.2) is 9.59 Å². The molecule has 0 aliphatic rings. The molecular weight excluding hydrogens is 368 g/mol. The molecule has 1 aromatic carbocycles. The van der Waals surface area contributed by atoms with Crippen LogP contribution in [0.3, 0.4) is 0 Å². The van der Waals surface area contributed by atoms with Crippen molar-refractivity contribution in [3.8, 4) is 5.75 Å². The number of ether oxygens (including phenoxy) is 4. The third kappa shape index (κ3) is 6.09. The highest BCUT2D eigenvalue weighted by atomic mass is 16.6. The molecule has 0 bridgehead atoms. The summed E-state index contributed by atoms with van der Waals surface area (Å²) in [6.07, 6.45) is 0.458. The summed E-state index contributed by atoms with van der Waals surface area (Å²) in [4.78, 5) is 35.1. The van der Waals surface area contributed by atoms with Gasteiger partial charge >= 0.3 is 17.6 Å². The second kappa shape index (κ2) is 10.5. The number of hydrogen-bond donors (Lipinski definition) is 0. The van der Waals surface area contributed by atoms with Crippen LogP contribution in [0.5, 0.6) is 5.75 Å². The molecule has 0 unspecified atom stereocenters. The average Bonchev–Trinajstić information content (AvgIpc) is 2.65. The SMILES string of the molecule is CCOC(=O)COc1cc2oc(=O)cc(C)c2cc1CCC(=O)OCCOC. The Morgan fingerprint density at radius 3 is 2.57 bits per heavy atom. The Bertz CT molecular complexity index is 884. The van der Waals surface area contributed by atoms with Crippen molar-refractivity contribution in [3.05, 3.63) is 39.7 Å². The van der Waals surface area contributed by atoms with Crippen molar-refractivity contribution in [2.45, 2.75) is 26.7 Å². The molecule has 0 N–H and O–H groups in total. The lowest BCUT2D eigenvalue weighted by atomic mass is 10.0. The normalized spacial score (nSPS) is 10.7. The number of hydrogen-bond acceptors (Lipinski definition) is 8.